The minimum Gasteiger partial charge on any atom is -0.390 e. The Morgan fingerprint density at radius 1 is 0.938 bits per heavy atom. The molecule has 0 aromatic heterocycles. The fraction of sp³-hybridized carbons (Fsp3) is 0.600. The van der Waals surface area contributed by atoms with E-state index in [0.717, 1.165) is 19.3 Å². The topological polar surface area (TPSA) is 20.2 Å². The van der Waals surface area contributed by atoms with Crippen LogP contribution in [-0.4, -0.2) is 10.7 Å². The molecule has 2 aliphatic rings. The third-order valence-corrected chi connectivity index (χ3v) is 4.44. The fourth-order valence-electron chi connectivity index (χ4n) is 3.36. The van der Waals surface area contributed by atoms with Crippen molar-refractivity contribution < 1.29 is 5.11 Å². The molecule has 3 rings (SSSR count). The summed E-state index contributed by atoms with van der Waals surface area (Å²) in [7, 11) is 0. The Balaban J connectivity index is 1.90. The molecule has 1 aromatic carbocycles. The quantitative estimate of drug-likeness (QED) is 0.821. The summed E-state index contributed by atoms with van der Waals surface area (Å²) < 4.78 is 0. The summed E-state index contributed by atoms with van der Waals surface area (Å²) in [5, 5.41) is 10.2. The third-order valence-electron chi connectivity index (χ3n) is 4.44. The molecule has 0 unspecified atom stereocenters. The van der Waals surface area contributed by atoms with Crippen LogP contribution < -0.4 is 0 Å². The highest BCUT2D eigenvalue weighted by Crippen LogP contribution is 2.52. The van der Waals surface area contributed by atoms with Crippen molar-refractivity contribution in [1.29, 1.82) is 0 Å². The molecule has 0 saturated heterocycles. The van der Waals surface area contributed by atoms with Gasteiger partial charge in [0.1, 0.15) is 0 Å². The molecule has 86 valence electrons. The highest BCUT2D eigenvalue weighted by molar-refractivity contribution is 5.28. The average molecular weight is 216 g/mol. The molecular weight excluding hydrogens is 196 g/mol. The Morgan fingerprint density at radius 2 is 1.56 bits per heavy atom. The second-order valence-electron chi connectivity index (χ2n) is 5.75. The molecule has 0 aliphatic heterocycles. The van der Waals surface area contributed by atoms with Crippen molar-refractivity contribution in [2.75, 3.05) is 0 Å². The predicted octanol–water partition coefficient (Wildman–Crippen LogP) is 3.41. The lowest BCUT2D eigenvalue weighted by molar-refractivity contribution is 0.107. The largest absolute Gasteiger partial charge is 0.390 e. The molecule has 0 amide bonds. The zero-order valence-corrected chi connectivity index (χ0v) is 9.78. The van der Waals surface area contributed by atoms with Crippen molar-refractivity contribution in [3.05, 3.63) is 35.9 Å². The first-order chi connectivity index (χ1) is 7.73. The monoisotopic (exact) mass is 216 g/mol. The second-order valence-corrected chi connectivity index (χ2v) is 5.75. The van der Waals surface area contributed by atoms with Crippen LogP contribution in [-0.2, 0) is 5.41 Å². The fourth-order valence-corrected chi connectivity index (χ4v) is 3.36. The predicted molar refractivity (Wildman–Crippen MR) is 65.4 cm³/mol. The summed E-state index contributed by atoms with van der Waals surface area (Å²) in [5.41, 5.74) is 1.42. The number of benzene rings is 1. The lowest BCUT2D eigenvalue weighted by atomic mass is 9.74. The smallest absolute Gasteiger partial charge is 0.0658 e. The summed E-state index contributed by atoms with van der Waals surface area (Å²) in [6.07, 6.45) is 8.20. The summed E-state index contributed by atoms with van der Waals surface area (Å²) in [5.74, 6) is 0. The second kappa shape index (κ2) is 3.59. The minimum atomic E-state index is -0.319. The molecule has 1 aromatic rings. The SMILES string of the molecule is OC1(CC2(c3ccccc3)CCCC2)CC1. The van der Waals surface area contributed by atoms with Gasteiger partial charge in [0.25, 0.3) is 0 Å². The standard InChI is InChI=1S/C15H20O/c16-15(10-11-15)12-14(8-4-5-9-14)13-6-2-1-3-7-13/h1-3,6-7,16H,4-5,8-12H2. The van der Waals surface area contributed by atoms with Gasteiger partial charge in [-0.05, 0) is 43.1 Å². The number of hydrogen-bond donors (Lipinski definition) is 1. The molecule has 1 heteroatoms. The van der Waals surface area contributed by atoms with E-state index in [0.29, 0.717) is 0 Å². The maximum Gasteiger partial charge on any atom is 0.0658 e. The molecule has 0 bridgehead atoms. The van der Waals surface area contributed by atoms with Gasteiger partial charge in [0.15, 0.2) is 0 Å². The van der Waals surface area contributed by atoms with E-state index in [4.69, 9.17) is 0 Å². The summed E-state index contributed by atoms with van der Waals surface area (Å²) in [6.45, 7) is 0. The van der Waals surface area contributed by atoms with Crippen molar-refractivity contribution in [3.8, 4) is 0 Å². The van der Waals surface area contributed by atoms with Gasteiger partial charge in [0.05, 0.1) is 5.60 Å². The van der Waals surface area contributed by atoms with Gasteiger partial charge >= 0.3 is 0 Å². The Hall–Kier alpha value is -0.820. The maximum atomic E-state index is 10.2. The molecule has 2 aliphatic carbocycles. The summed E-state index contributed by atoms with van der Waals surface area (Å²) in [6, 6.07) is 10.8. The van der Waals surface area contributed by atoms with Gasteiger partial charge in [-0.15, -0.1) is 0 Å². The van der Waals surface area contributed by atoms with Crippen LogP contribution in [0.4, 0.5) is 0 Å². The van der Waals surface area contributed by atoms with E-state index in [1.165, 1.54) is 31.2 Å². The summed E-state index contributed by atoms with van der Waals surface area (Å²) >= 11 is 0. The van der Waals surface area contributed by atoms with Gasteiger partial charge in [-0.2, -0.15) is 0 Å². The lowest BCUT2D eigenvalue weighted by Gasteiger charge is -2.32. The van der Waals surface area contributed by atoms with E-state index >= 15 is 0 Å². The molecule has 2 saturated carbocycles. The molecule has 0 radical (unpaired) electrons. The van der Waals surface area contributed by atoms with Crippen LogP contribution in [0, 0.1) is 0 Å². The van der Waals surface area contributed by atoms with Gasteiger partial charge in [-0.1, -0.05) is 43.2 Å². The van der Waals surface area contributed by atoms with Crippen molar-refractivity contribution in [1.82, 2.24) is 0 Å². The molecule has 0 spiro atoms. The first kappa shape index (κ1) is 10.3. The average Bonchev–Trinajstić information content (AvgIpc) is 2.85. The molecular formula is C15H20O. The van der Waals surface area contributed by atoms with Crippen molar-refractivity contribution in [2.24, 2.45) is 0 Å². The van der Waals surface area contributed by atoms with Gasteiger partial charge in [0, 0.05) is 0 Å². The first-order valence-corrected chi connectivity index (χ1v) is 6.51. The molecule has 2 fully saturated rings. The zero-order valence-electron chi connectivity index (χ0n) is 9.78. The number of rotatable bonds is 3. The summed E-state index contributed by atoms with van der Waals surface area (Å²) in [4.78, 5) is 0. The molecule has 16 heavy (non-hydrogen) atoms. The Bertz CT molecular complexity index is 358. The third kappa shape index (κ3) is 1.78. The van der Waals surface area contributed by atoms with Crippen LogP contribution in [0.1, 0.15) is 50.5 Å². The van der Waals surface area contributed by atoms with Crippen molar-refractivity contribution >= 4 is 0 Å². The Morgan fingerprint density at radius 3 is 2.12 bits per heavy atom. The number of aliphatic hydroxyl groups is 1. The zero-order chi connectivity index (χ0) is 11.1. The van der Waals surface area contributed by atoms with Crippen LogP contribution in [0.25, 0.3) is 0 Å². The molecule has 0 heterocycles. The molecule has 0 atom stereocenters. The number of hydrogen-bond acceptors (Lipinski definition) is 1. The van der Waals surface area contributed by atoms with Crippen molar-refractivity contribution in [3.63, 3.8) is 0 Å². The molecule has 1 N–H and O–H groups in total. The van der Waals surface area contributed by atoms with Gasteiger partial charge in [-0.25, -0.2) is 0 Å². The van der Waals surface area contributed by atoms with Crippen LogP contribution in [0.15, 0.2) is 30.3 Å². The van der Waals surface area contributed by atoms with E-state index in [1.807, 2.05) is 0 Å². The Kier molecular flexibility index (Phi) is 2.32. The van der Waals surface area contributed by atoms with Gasteiger partial charge in [-0.3, -0.25) is 0 Å². The van der Waals surface area contributed by atoms with Gasteiger partial charge in [0.2, 0.25) is 0 Å². The van der Waals surface area contributed by atoms with Crippen LogP contribution >= 0.6 is 0 Å². The minimum absolute atomic E-state index is 0.284. The normalized spacial score (nSPS) is 25.6. The maximum absolute atomic E-state index is 10.2. The first-order valence-electron chi connectivity index (χ1n) is 6.51. The van der Waals surface area contributed by atoms with Crippen LogP contribution in [0.2, 0.25) is 0 Å². The van der Waals surface area contributed by atoms with Crippen LogP contribution in [0.3, 0.4) is 0 Å². The lowest BCUT2D eigenvalue weighted by Crippen LogP contribution is -2.29. The van der Waals surface area contributed by atoms with E-state index in [9.17, 15) is 5.11 Å². The van der Waals surface area contributed by atoms with Crippen molar-refractivity contribution in [2.45, 2.75) is 56.0 Å². The van der Waals surface area contributed by atoms with Gasteiger partial charge < -0.3 is 5.11 Å². The van der Waals surface area contributed by atoms with Crippen LogP contribution in [0.5, 0.6) is 0 Å². The Labute approximate surface area is 97.5 Å². The van der Waals surface area contributed by atoms with E-state index in [1.54, 1.807) is 0 Å². The van der Waals surface area contributed by atoms with E-state index < -0.39 is 0 Å². The molecule has 1 nitrogen and oxygen atoms in total. The van der Waals surface area contributed by atoms with E-state index in [-0.39, 0.29) is 11.0 Å². The van der Waals surface area contributed by atoms with E-state index in [2.05, 4.69) is 30.3 Å². The highest BCUT2D eigenvalue weighted by Gasteiger charge is 2.49. The highest BCUT2D eigenvalue weighted by atomic mass is 16.3.